The molecule has 0 spiro atoms. The molecule has 0 saturated heterocycles. The van der Waals surface area contributed by atoms with Crippen LogP contribution in [0.2, 0.25) is 0 Å². The molecule has 4 atom stereocenters. The largest absolute Gasteiger partial charge is 0.325 e. The van der Waals surface area contributed by atoms with Crippen molar-refractivity contribution in [1.29, 1.82) is 0 Å². The zero-order valence-electron chi connectivity index (χ0n) is 29.3. The fourth-order valence-electron chi connectivity index (χ4n) is 7.56. The molecule has 0 heterocycles. The predicted octanol–water partition coefficient (Wildman–Crippen LogP) is 11.1. The van der Waals surface area contributed by atoms with Crippen LogP contribution in [0.4, 0.5) is 11.4 Å². The van der Waals surface area contributed by atoms with Crippen LogP contribution in [0.25, 0.3) is 0 Å². The van der Waals surface area contributed by atoms with Gasteiger partial charge in [-0.15, -0.1) is 23.5 Å². The summed E-state index contributed by atoms with van der Waals surface area (Å²) in [6.45, 7) is 0. The van der Waals surface area contributed by atoms with Crippen molar-refractivity contribution in [2.24, 2.45) is 11.8 Å². The van der Waals surface area contributed by atoms with Crippen LogP contribution in [-0.4, -0.2) is 24.3 Å². The molecule has 260 valence electrons. The Morgan fingerprint density at radius 1 is 0.385 bits per heavy atom. The van der Waals surface area contributed by atoms with E-state index in [-0.39, 0.29) is 47.3 Å². The van der Waals surface area contributed by atoms with E-state index in [9.17, 15) is 9.59 Å². The highest BCUT2D eigenvalue weighted by Crippen LogP contribution is 2.61. The number of hydrogen-bond donors (Lipinski definition) is 2. The number of para-hydroxylation sites is 2. The SMILES string of the molecule is CSc1ccccc1NC(=O)C1[C@@H](c2ccccc2)[C@@H]1c1ccccc1.CSc1ccccc1NC(=O)C1[C@H](c2ccccc2)[C@H]1c1ccccc1. The van der Waals surface area contributed by atoms with Crippen molar-refractivity contribution in [1.82, 2.24) is 0 Å². The Labute approximate surface area is 315 Å². The molecular formula is C46H42N2O2S2. The van der Waals surface area contributed by atoms with Gasteiger partial charge in [0.15, 0.2) is 0 Å². The zero-order valence-corrected chi connectivity index (χ0v) is 30.9. The van der Waals surface area contributed by atoms with Crippen molar-refractivity contribution in [2.45, 2.75) is 33.5 Å². The third kappa shape index (κ3) is 7.89. The number of hydrogen-bond acceptors (Lipinski definition) is 4. The van der Waals surface area contributed by atoms with Crippen molar-refractivity contribution in [3.63, 3.8) is 0 Å². The summed E-state index contributed by atoms with van der Waals surface area (Å²) in [5.74, 6) is 1.09. The highest BCUT2D eigenvalue weighted by atomic mass is 32.2. The second-order valence-electron chi connectivity index (χ2n) is 13.2. The summed E-state index contributed by atoms with van der Waals surface area (Å²) >= 11 is 3.30. The van der Waals surface area contributed by atoms with Gasteiger partial charge in [-0.05, 0) is 59.0 Å². The second kappa shape index (κ2) is 16.5. The van der Waals surface area contributed by atoms with Crippen molar-refractivity contribution < 1.29 is 9.59 Å². The molecule has 8 rings (SSSR count). The average molecular weight is 719 g/mol. The summed E-state index contributed by atoms with van der Waals surface area (Å²) in [6.07, 6.45) is 4.06. The van der Waals surface area contributed by atoms with Gasteiger partial charge < -0.3 is 10.6 Å². The Balaban J connectivity index is 0.000000162. The number of thioether (sulfide) groups is 2. The van der Waals surface area contributed by atoms with Gasteiger partial charge in [-0.2, -0.15) is 0 Å². The Bertz CT molecular complexity index is 1850. The van der Waals surface area contributed by atoms with E-state index >= 15 is 0 Å². The molecule has 2 aliphatic carbocycles. The number of nitrogens with one attached hydrogen (secondary N) is 2. The van der Waals surface area contributed by atoms with Crippen LogP contribution in [0.1, 0.15) is 45.9 Å². The van der Waals surface area contributed by atoms with Crippen LogP contribution in [-0.2, 0) is 9.59 Å². The maximum absolute atomic E-state index is 13.1. The van der Waals surface area contributed by atoms with Crippen molar-refractivity contribution >= 4 is 46.7 Å². The van der Waals surface area contributed by atoms with E-state index in [1.807, 2.05) is 134 Å². The Hall–Kier alpha value is -5.04. The maximum Gasteiger partial charge on any atom is 0.228 e. The Morgan fingerprint density at radius 2 is 0.635 bits per heavy atom. The quantitative estimate of drug-likeness (QED) is 0.138. The molecule has 52 heavy (non-hydrogen) atoms. The van der Waals surface area contributed by atoms with Crippen LogP contribution in [0.3, 0.4) is 0 Å². The Kier molecular flexibility index (Phi) is 11.2. The van der Waals surface area contributed by atoms with Gasteiger partial charge in [0.1, 0.15) is 0 Å². The minimum Gasteiger partial charge on any atom is -0.325 e. The molecule has 4 nitrogen and oxygen atoms in total. The highest BCUT2D eigenvalue weighted by Gasteiger charge is 2.57. The first kappa shape index (κ1) is 35.4. The number of benzene rings is 6. The molecule has 0 bridgehead atoms. The lowest BCUT2D eigenvalue weighted by atomic mass is 10.0. The van der Waals surface area contributed by atoms with E-state index in [1.165, 1.54) is 22.3 Å². The summed E-state index contributed by atoms with van der Waals surface area (Å²) in [4.78, 5) is 28.4. The summed E-state index contributed by atoms with van der Waals surface area (Å²) in [5.41, 5.74) is 6.74. The first-order valence-electron chi connectivity index (χ1n) is 17.7. The third-order valence-corrected chi connectivity index (χ3v) is 11.7. The van der Waals surface area contributed by atoms with Crippen LogP contribution in [0, 0.1) is 11.8 Å². The van der Waals surface area contributed by atoms with E-state index in [1.54, 1.807) is 23.5 Å². The van der Waals surface area contributed by atoms with Crippen molar-refractivity contribution in [2.75, 3.05) is 23.1 Å². The van der Waals surface area contributed by atoms with Crippen LogP contribution >= 0.6 is 23.5 Å². The van der Waals surface area contributed by atoms with Gasteiger partial charge in [-0.1, -0.05) is 146 Å². The maximum atomic E-state index is 13.1. The van der Waals surface area contributed by atoms with Crippen molar-refractivity contribution in [3.8, 4) is 0 Å². The lowest BCUT2D eigenvalue weighted by Crippen LogP contribution is -2.16. The van der Waals surface area contributed by atoms with Gasteiger partial charge in [0.2, 0.25) is 11.8 Å². The number of amides is 2. The second-order valence-corrected chi connectivity index (χ2v) is 14.9. The molecule has 0 aliphatic heterocycles. The van der Waals surface area contributed by atoms with E-state index in [4.69, 9.17) is 0 Å². The lowest BCUT2D eigenvalue weighted by molar-refractivity contribution is -0.118. The standard InChI is InChI=1S/2C23H21NOS/c2*1-26-19-15-9-8-14-18(19)24-23(25)22-20(16-10-4-2-5-11-16)21(22)17-12-6-3-7-13-17/h2*2-15,20-22H,1H3,(H,24,25)/t2*20-,21-/m10/s1. The van der Waals surface area contributed by atoms with Gasteiger partial charge >= 0.3 is 0 Å². The van der Waals surface area contributed by atoms with E-state index in [0.29, 0.717) is 0 Å². The summed E-state index contributed by atoms with van der Waals surface area (Å²) in [6, 6.07) is 57.5. The smallest absolute Gasteiger partial charge is 0.228 e. The Morgan fingerprint density at radius 3 is 0.904 bits per heavy atom. The summed E-state index contributed by atoms with van der Waals surface area (Å²) < 4.78 is 0. The number of carbonyl (C=O) groups excluding carboxylic acids is 2. The van der Waals surface area contributed by atoms with E-state index in [2.05, 4.69) is 59.2 Å². The predicted molar refractivity (Wildman–Crippen MR) is 217 cm³/mol. The normalized spacial score (nSPS) is 21.2. The molecule has 6 heteroatoms. The molecule has 2 aliphatic rings. The molecule has 0 unspecified atom stereocenters. The van der Waals surface area contributed by atoms with E-state index < -0.39 is 0 Å². The third-order valence-electron chi connectivity index (χ3n) is 10.1. The molecule has 0 radical (unpaired) electrons. The molecule has 2 saturated carbocycles. The zero-order chi connectivity index (χ0) is 35.9. The number of carbonyl (C=O) groups is 2. The summed E-state index contributed by atoms with van der Waals surface area (Å²) in [7, 11) is 0. The molecule has 6 aromatic rings. The fourth-order valence-corrected chi connectivity index (χ4v) is 8.67. The van der Waals surface area contributed by atoms with Gasteiger partial charge in [0.05, 0.1) is 23.2 Å². The monoisotopic (exact) mass is 718 g/mol. The van der Waals surface area contributed by atoms with Gasteiger partial charge in [-0.25, -0.2) is 0 Å². The minimum atomic E-state index is -0.0327. The first-order chi connectivity index (χ1) is 25.6. The number of rotatable bonds is 10. The molecule has 2 N–H and O–H groups in total. The fraction of sp³-hybridized carbons (Fsp3) is 0.174. The summed E-state index contributed by atoms with van der Waals surface area (Å²) in [5, 5.41) is 6.33. The van der Waals surface area contributed by atoms with Gasteiger partial charge in [-0.3, -0.25) is 9.59 Å². The minimum absolute atomic E-state index is 0.0327. The van der Waals surface area contributed by atoms with Crippen LogP contribution in [0.5, 0.6) is 0 Å². The van der Waals surface area contributed by atoms with Crippen molar-refractivity contribution in [3.05, 3.63) is 192 Å². The van der Waals surface area contributed by atoms with Gasteiger partial charge in [0.25, 0.3) is 0 Å². The van der Waals surface area contributed by atoms with Crippen LogP contribution < -0.4 is 10.6 Å². The van der Waals surface area contributed by atoms with Gasteiger partial charge in [0, 0.05) is 33.5 Å². The molecule has 0 aromatic heterocycles. The molecule has 2 amide bonds. The molecule has 2 fully saturated rings. The first-order valence-corrected chi connectivity index (χ1v) is 20.1. The topological polar surface area (TPSA) is 58.2 Å². The molecule has 6 aromatic carbocycles. The average Bonchev–Trinajstić information content (AvgIpc) is 4.14. The number of anilines is 2. The van der Waals surface area contributed by atoms with E-state index in [0.717, 1.165) is 21.2 Å². The highest BCUT2D eigenvalue weighted by molar-refractivity contribution is 7.99. The lowest BCUT2D eigenvalue weighted by Gasteiger charge is -2.09. The van der Waals surface area contributed by atoms with Crippen LogP contribution in [0.15, 0.2) is 180 Å². The molecular weight excluding hydrogens is 677 g/mol.